The van der Waals surface area contributed by atoms with Crippen LogP contribution < -0.4 is 10.6 Å². The van der Waals surface area contributed by atoms with E-state index in [1.54, 1.807) is 60.0 Å². The molecule has 1 aromatic heterocycles. The number of nitro benzene ring substituents is 1. The fraction of sp³-hybridized carbons (Fsp3) is 0.0417. The standard InChI is InChI=1S/C24H17ClN4O4S2/c25-17-6-1-5-16(10-17)23(31)26-18-7-3-9-20(12-18)34-14-22(30)28-24-27-21(13-35-24)15-4-2-8-19(11-15)29(32)33/h1-13H,14H2,(H,26,31)(H,27,28,30). The Morgan fingerprint density at radius 1 is 1.03 bits per heavy atom. The molecule has 0 aliphatic heterocycles. The van der Waals surface area contributed by atoms with Crippen molar-refractivity contribution in [1.82, 2.24) is 4.98 Å². The molecule has 2 amide bonds. The van der Waals surface area contributed by atoms with Crippen LogP contribution in [0.15, 0.2) is 83.1 Å². The van der Waals surface area contributed by atoms with Gasteiger partial charge in [0.05, 0.1) is 16.4 Å². The summed E-state index contributed by atoms with van der Waals surface area (Å²) in [5, 5.41) is 19.2. The predicted octanol–water partition coefficient (Wildman–Crippen LogP) is 6.35. The number of thiazole rings is 1. The Bertz CT molecular complexity index is 1410. The molecule has 0 atom stereocenters. The van der Waals surface area contributed by atoms with Gasteiger partial charge in [-0.05, 0) is 36.4 Å². The highest BCUT2D eigenvalue weighted by Gasteiger charge is 2.12. The molecule has 4 aromatic rings. The average molecular weight is 525 g/mol. The Labute approximate surface area is 213 Å². The molecule has 4 rings (SSSR count). The summed E-state index contributed by atoms with van der Waals surface area (Å²) in [4.78, 5) is 40.5. The van der Waals surface area contributed by atoms with Crippen LogP contribution in [-0.2, 0) is 4.79 Å². The molecule has 11 heteroatoms. The number of benzene rings is 3. The highest BCUT2D eigenvalue weighted by atomic mass is 35.5. The second-order valence-electron chi connectivity index (χ2n) is 7.17. The monoisotopic (exact) mass is 524 g/mol. The maximum absolute atomic E-state index is 12.4. The number of aromatic nitrogens is 1. The van der Waals surface area contributed by atoms with Gasteiger partial charge in [0.2, 0.25) is 5.91 Å². The molecule has 1 heterocycles. The van der Waals surface area contributed by atoms with E-state index in [1.807, 2.05) is 6.07 Å². The summed E-state index contributed by atoms with van der Waals surface area (Å²) in [6.07, 6.45) is 0. The zero-order chi connectivity index (χ0) is 24.8. The van der Waals surface area contributed by atoms with Crippen molar-refractivity contribution in [2.75, 3.05) is 16.4 Å². The number of nitrogens with zero attached hydrogens (tertiary/aromatic N) is 2. The van der Waals surface area contributed by atoms with Crippen molar-refractivity contribution < 1.29 is 14.5 Å². The molecule has 0 unspecified atom stereocenters. The second kappa shape index (κ2) is 11.1. The number of carbonyl (C=O) groups excluding carboxylic acids is 2. The van der Waals surface area contributed by atoms with Crippen molar-refractivity contribution in [3.8, 4) is 11.3 Å². The van der Waals surface area contributed by atoms with Crippen LogP contribution in [-0.4, -0.2) is 27.5 Å². The zero-order valence-corrected chi connectivity index (χ0v) is 20.3. The Kier molecular flexibility index (Phi) is 7.76. The smallest absolute Gasteiger partial charge is 0.270 e. The van der Waals surface area contributed by atoms with Gasteiger partial charge in [-0.2, -0.15) is 0 Å². The number of hydrogen-bond acceptors (Lipinski definition) is 7. The van der Waals surface area contributed by atoms with E-state index in [2.05, 4.69) is 15.6 Å². The van der Waals surface area contributed by atoms with Crippen LogP contribution in [0.25, 0.3) is 11.3 Å². The van der Waals surface area contributed by atoms with E-state index in [-0.39, 0.29) is 23.3 Å². The minimum Gasteiger partial charge on any atom is -0.322 e. The Balaban J connectivity index is 1.33. The average Bonchev–Trinajstić information content (AvgIpc) is 3.31. The summed E-state index contributed by atoms with van der Waals surface area (Å²) in [7, 11) is 0. The van der Waals surface area contributed by atoms with E-state index in [0.717, 1.165) is 4.90 Å². The van der Waals surface area contributed by atoms with E-state index in [9.17, 15) is 19.7 Å². The molecule has 2 N–H and O–H groups in total. The summed E-state index contributed by atoms with van der Waals surface area (Å²) in [5.41, 5.74) is 2.17. The number of halogens is 1. The van der Waals surface area contributed by atoms with Gasteiger partial charge in [-0.1, -0.05) is 35.9 Å². The van der Waals surface area contributed by atoms with Crippen LogP contribution in [0.1, 0.15) is 10.4 Å². The number of carbonyl (C=O) groups is 2. The quantitative estimate of drug-likeness (QED) is 0.157. The molecule has 35 heavy (non-hydrogen) atoms. The second-order valence-corrected chi connectivity index (χ2v) is 9.52. The number of rotatable bonds is 8. The van der Waals surface area contributed by atoms with Gasteiger partial charge in [-0.25, -0.2) is 4.98 Å². The van der Waals surface area contributed by atoms with Crippen molar-refractivity contribution in [1.29, 1.82) is 0 Å². The predicted molar refractivity (Wildman–Crippen MR) is 139 cm³/mol. The van der Waals surface area contributed by atoms with Gasteiger partial charge in [0.1, 0.15) is 0 Å². The third kappa shape index (κ3) is 6.66. The van der Waals surface area contributed by atoms with Crippen molar-refractivity contribution in [2.45, 2.75) is 4.90 Å². The molecule has 3 aromatic carbocycles. The number of anilines is 2. The molecular weight excluding hydrogens is 508 g/mol. The molecule has 8 nitrogen and oxygen atoms in total. The summed E-state index contributed by atoms with van der Waals surface area (Å²) in [5.74, 6) is -0.392. The van der Waals surface area contributed by atoms with Gasteiger partial charge in [-0.15, -0.1) is 23.1 Å². The van der Waals surface area contributed by atoms with E-state index in [0.29, 0.717) is 32.7 Å². The first-order valence-corrected chi connectivity index (χ1v) is 12.4. The summed E-state index contributed by atoms with van der Waals surface area (Å²) in [6, 6.07) is 20.0. The van der Waals surface area contributed by atoms with Crippen LogP contribution in [0.3, 0.4) is 0 Å². The molecule has 0 radical (unpaired) electrons. The highest BCUT2D eigenvalue weighted by Crippen LogP contribution is 2.28. The van der Waals surface area contributed by atoms with Gasteiger partial charge in [0.15, 0.2) is 5.13 Å². The molecule has 0 saturated carbocycles. The van der Waals surface area contributed by atoms with E-state index in [4.69, 9.17) is 11.6 Å². The SMILES string of the molecule is O=C(CSc1cccc(NC(=O)c2cccc(Cl)c2)c1)Nc1nc(-c2cccc([N+](=O)[O-])c2)cs1. The minimum absolute atomic E-state index is 0.0246. The maximum atomic E-state index is 12.4. The van der Waals surface area contributed by atoms with Crippen molar-refractivity contribution in [3.63, 3.8) is 0 Å². The fourth-order valence-corrected chi connectivity index (χ4v) is 4.72. The first-order valence-electron chi connectivity index (χ1n) is 10.2. The van der Waals surface area contributed by atoms with Crippen molar-refractivity contribution in [2.24, 2.45) is 0 Å². The Morgan fingerprint density at radius 2 is 1.83 bits per heavy atom. The Morgan fingerprint density at radius 3 is 2.63 bits per heavy atom. The first-order chi connectivity index (χ1) is 16.9. The van der Waals surface area contributed by atoms with Crippen LogP contribution in [0.5, 0.6) is 0 Å². The lowest BCUT2D eigenvalue weighted by molar-refractivity contribution is -0.384. The summed E-state index contributed by atoms with van der Waals surface area (Å²) >= 11 is 8.50. The molecule has 176 valence electrons. The Hall–Kier alpha value is -3.73. The van der Waals surface area contributed by atoms with Gasteiger partial charge in [-0.3, -0.25) is 19.7 Å². The normalized spacial score (nSPS) is 10.5. The number of non-ortho nitro benzene ring substituents is 1. The number of thioether (sulfide) groups is 1. The molecular formula is C24H17ClN4O4S2. The van der Waals surface area contributed by atoms with Crippen molar-refractivity contribution in [3.05, 3.63) is 98.9 Å². The van der Waals surface area contributed by atoms with Crippen LogP contribution in [0.4, 0.5) is 16.5 Å². The first kappa shape index (κ1) is 24.4. The number of nitro groups is 1. The molecule has 0 saturated heterocycles. The fourth-order valence-electron chi connectivity index (χ4n) is 3.04. The van der Waals surface area contributed by atoms with Gasteiger partial charge >= 0.3 is 0 Å². The summed E-state index contributed by atoms with van der Waals surface area (Å²) in [6.45, 7) is 0. The van der Waals surface area contributed by atoms with Gasteiger partial charge in [0.25, 0.3) is 11.6 Å². The van der Waals surface area contributed by atoms with Crippen LogP contribution in [0, 0.1) is 10.1 Å². The van der Waals surface area contributed by atoms with Crippen LogP contribution >= 0.6 is 34.7 Å². The lowest BCUT2D eigenvalue weighted by Crippen LogP contribution is -2.14. The molecule has 0 spiro atoms. The number of hydrogen-bond donors (Lipinski definition) is 2. The number of nitrogens with one attached hydrogen (secondary N) is 2. The number of amides is 2. The van der Waals surface area contributed by atoms with E-state index >= 15 is 0 Å². The maximum Gasteiger partial charge on any atom is 0.270 e. The largest absolute Gasteiger partial charge is 0.322 e. The zero-order valence-electron chi connectivity index (χ0n) is 17.9. The minimum atomic E-state index is -0.465. The van der Waals surface area contributed by atoms with Crippen molar-refractivity contribution >= 4 is 63.0 Å². The molecule has 0 aliphatic rings. The molecule has 0 bridgehead atoms. The van der Waals surface area contributed by atoms with Gasteiger partial charge < -0.3 is 10.6 Å². The molecule has 0 fully saturated rings. The molecule has 0 aliphatic carbocycles. The lowest BCUT2D eigenvalue weighted by Gasteiger charge is -2.08. The van der Waals surface area contributed by atoms with Crippen LogP contribution in [0.2, 0.25) is 5.02 Å². The third-order valence-electron chi connectivity index (χ3n) is 4.65. The highest BCUT2D eigenvalue weighted by molar-refractivity contribution is 8.00. The third-order valence-corrected chi connectivity index (χ3v) is 6.64. The van der Waals surface area contributed by atoms with Gasteiger partial charge in [0, 0.05) is 44.2 Å². The van der Waals surface area contributed by atoms with E-state index in [1.165, 1.54) is 35.2 Å². The lowest BCUT2D eigenvalue weighted by atomic mass is 10.1. The van der Waals surface area contributed by atoms with E-state index < -0.39 is 4.92 Å². The summed E-state index contributed by atoms with van der Waals surface area (Å²) < 4.78 is 0. The topological polar surface area (TPSA) is 114 Å².